The van der Waals surface area contributed by atoms with Gasteiger partial charge in [-0.1, -0.05) is 26.0 Å². The van der Waals surface area contributed by atoms with Crippen molar-refractivity contribution >= 4 is 23.2 Å². The van der Waals surface area contributed by atoms with Crippen molar-refractivity contribution in [2.45, 2.75) is 20.3 Å². The maximum absolute atomic E-state index is 12.8. The number of ether oxygens (including phenoxy) is 1. The van der Waals surface area contributed by atoms with Gasteiger partial charge in [0.05, 0.1) is 18.0 Å². The molecule has 0 saturated carbocycles. The number of fused-ring (bicyclic) bond motifs is 1. The Labute approximate surface area is 147 Å². The van der Waals surface area contributed by atoms with Crippen molar-refractivity contribution in [2.24, 2.45) is 5.92 Å². The molecule has 5 heteroatoms. The number of nitrogens with one attached hydrogen (secondary N) is 1. The van der Waals surface area contributed by atoms with Gasteiger partial charge in [-0.25, -0.2) is 0 Å². The summed E-state index contributed by atoms with van der Waals surface area (Å²) >= 11 is 0. The summed E-state index contributed by atoms with van der Waals surface area (Å²) in [5.74, 6) is 0.942. The first kappa shape index (κ1) is 17.0. The molecule has 1 aliphatic heterocycles. The quantitative estimate of drug-likeness (QED) is 0.904. The van der Waals surface area contributed by atoms with Crippen molar-refractivity contribution < 1.29 is 14.3 Å². The molecular formula is C20H22N2O3. The second-order valence-corrected chi connectivity index (χ2v) is 6.51. The molecule has 130 valence electrons. The fourth-order valence-electron chi connectivity index (χ4n) is 2.68. The molecule has 0 aliphatic carbocycles. The Hall–Kier alpha value is -2.82. The van der Waals surface area contributed by atoms with E-state index < -0.39 is 0 Å². The maximum atomic E-state index is 12.8. The lowest BCUT2D eigenvalue weighted by Crippen LogP contribution is -2.42. The molecule has 3 rings (SSSR count). The number of benzene rings is 2. The Balaban J connectivity index is 1.74. The molecule has 0 aromatic heterocycles. The van der Waals surface area contributed by atoms with Gasteiger partial charge in [0.25, 0.3) is 5.91 Å². The zero-order valence-corrected chi connectivity index (χ0v) is 14.5. The highest BCUT2D eigenvalue weighted by molar-refractivity contribution is 6.15. The molecule has 0 atom stereocenters. The van der Waals surface area contributed by atoms with E-state index >= 15 is 0 Å². The Morgan fingerprint density at radius 2 is 1.88 bits per heavy atom. The summed E-state index contributed by atoms with van der Waals surface area (Å²) in [6, 6.07) is 14.4. The normalized spacial score (nSPS) is 13.4. The molecule has 0 radical (unpaired) electrons. The van der Waals surface area contributed by atoms with Crippen LogP contribution in [0.2, 0.25) is 0 Å². The lowest BCUT2D eigenvalue weighted by atomic mass is 10.1. The number of hydrogen-bond acceptors (Lipinski definition) is 3. The first-order valence-electron chi connectivity index (χ1n) is 8.48. The highest BCUT2D eigenvalue weighted by Crippen LogP contribution is 2.30. The minimum absolute atomic E-state index is 0.0164. The smallest absolute Gasteiger partial charge is 0.258 e. The number of hydrogen-bond donors (Lipinski definition) is 1. The van der Waals surface area contributed by atoms with Gasteiger partial charge in [-0.15, -0.1) is 0 Å². The first-order valence-corrected chi connectivity index (χ1v) is 8.48. The second kappa shape index (κ2) is 7.38. The Morgan fingerprint density at radius 3 is 2.60 bits per heavy atom. The zero-order chi connectivity index (χ0) is 17.8. The number of anilines is 2. The van der Waals surface area contributed by atoms with Crippen LogP contribution < -0.4 is 15.0 Å². The Bertz CT molecular complexity index is 769. The number of rotatable bonds is 5. The third-order valence-electron chi connectivity index (χ3n) is 4.08. The molecule has 1 N–H and O–H groups in total. The molecule has 0 saturated heterocycles. The lowest BCUT2D eigenvalue weighted by Gasteiger charge is -2.29. The van der Waals surface area contributed by atoms with Crippen molar-refractivity contribution in [1.82, 2.24) is 0 Å². The van der Waals surface area contributed by atoms with E-state index in [1.54, 1.807) is 30.3 Å². The van der Waals surface area contributed by atoms with Crippen molar-refractivity contribution in [2.75, 3.05) is 23.4 Å². The van der Waals surface area contributed by atoms with E-state index in [1.807, 2.05) is 18.2 Å². The summed E-state index contributed by atoms with van der Waals surface area (Å²) in [4.78, 5) is 26.2. The molecule has 2 aromatic carbocycles. The molecule has 2 amide bonds. The third kappa shape index (κ3) is 3.99. The average Bonchev–Trinajstić information content (AvgIpc) is 2.60. The molecular weight excluding hydrogens is 316 g/mol. The summed E-state index contributed by atoms with van der Waals surface area (Å²) in [5.41, 5.74) is 1.89. The second-order valence-electron chi connectivity index (χ2n) is 6.51. The molecule has 0 spiro atoms. The van der Waals surface area contributed by atoms with Gasteiger partial charge in [-0.05, 0) is 48.7 Å². The van der Waals surface area contributed by atoms with E-state index in [9.17, 15) is 9.59 Å². The maximum Gasteiger partial charge on any atom is 0.258 e. The van der Waals surface area contributed by atoms with Gasteiger partial charge >= 0.3 is 0 Å². The van der Waals surface area contributed by atoms with Crippen LogP contribution in [0.5, 0.6) is 5.75 Å². The van der Waals surface area contributed by atoms with Crippen LogP contribution in [0.25, 0.3) is 0 Å². The van der Waals surface area contributed by atoms with Gasteiger partial charge < -0.3 is 10.1 Å². The molecule has 1 aliphatic rings. The summed E-state index contributed by atoms with van der Waals surface area (Å²) in [7, 11) is 0. The summed E-state index contributed by atoms with van der Waals surface area (Å²) in [6.07, 6.45) is 0.986. The van der Waals surface area contributed by atoms with Gasteiger partial charge in [0.2, 0.25) is 5.91 Å². The molecule has 1 heterocycles. The van der Waals surface area contributed by atoms with Crippen LogP contribution in [-0.2, 0) is 4.79 Å². The number of carbonyl (C=O) groups is 2. The van der Waals surface area contributed by atoms with E-state index in [-0.39, 0.29) is 18.4 Å². The zero-order valence-electron chi connectivity index (χ0n) is 14.5. The van der Waals surface area contributed by atoms with Gasteiger partial charge in [0.15, 0.2) is 0 Å². The van der Waals surface area contributed by atoms with E-state index in [2.05, 4.69) is 19.2 Å². The molecule has 0 unspecified atom stereocenters. The van der Waals surface area contributed by atoms with E-state index in [0.29, 0.717) is 29.5 Å². The van der Waals surface area contributed by atoms with Crippen molar-refractivity contribution in [3.63, 3.8) is 0 Å². The largest absolute Gasteiger partial charge is 0.494 e. The van der Waals surface area contributed by atoms with Crippen LogP contribution in [0, 0.1) is 5.92 Å². The van der Waals surface area contributed by atoms with E-state index in [0.717, 1.165) is 12.2 Å². The van der Waals surface area contributed by atoms with Crippen molar-refractivity contribution in [1.29, 1.82) is 0 Å². The SMILES string of the molecule is CC(C)CCOc1ccc(C(=O)N2CC(=O)Nc3ccccc32)cc1. The summed E-state index contributed by atoms with van der Waals surface area (Å²) < 4.78 is 5.68. The van der Waals surface area contributed by atoms with Crippen molar-refractivity contribution in [3.05, 3.63) is 54.1 Å². The first-order chi connectivity index (χ1) is 12.0. The Morgan fingerprint density at radius 1 is 1.16 bits per heavy atom. The van der Waals surface area contributed by atoms with Crippen LogP contribution in [0.15, 0.2) is 48.5 Å². The fourth-order valence-corrected chi connectivity index (χ4v) is 2.68. The van der Waals surface area contributed by atoms with Gasteiger partial charge in [-0.2, -0.15) is 0 Å². The van der Waals surface area contributed by atoms with Crippen LogP contribution in [0.1, 0.15) is 30.6 Å². The fraction of sp³-hybridized carbons (Fsp3) is 0.300. The lowest BCUT2D eigenvalue weighted by molar-refractivity contribution is -0.115. The minimum atomic E-state index is -0.198. The van der Waals surface area contributed by atoms with Crippen LogP contribution in [-0.4, -0.2) is 25.0 Å². The van der Waals surface area contributed by atoms with Crippen LogP contribution in [0.4, 0.5) is 11.4 Å². The van der Waals surface area contributed by atoms with Gasteiger partial charge in [-0.3, -0.25) is 14.5 Å². The topological polar surface area (TPSA) is 58.6 Å². The van der Waals surface area contributed by atoms with Gasteiger partial charge in [0, 0.05) is 5.56 Å². The molecule has 2 aromatic rings. The van der Waals surface area contributed by atoms with Crippen molar-refractivity contribution in [3.8, 4) is 5.75 Å². The standard InChI is InChI=1S/C20H22N2O3/c1-14(2)11-12-25-16-9-7-15(8-10-16)20(24)22-13-19(23)21-17-5-3-4-6-18(17)22/h3-10,14H,11-13H2,1-2H3,(H,21,23). The molecule has 5 nitrogen and oxygen atoms in total. The number of para-hydroxylation sites is 2. The molecule has 0 bridgehead atoms. The summed E-state index contributed by atoms with van der Waals surface area (Å²) in [6.45, 7) is 4.97. The molecule has 25 heavy (non-hydrogen) atoms. The number of amides is 2. The monoisotopic (exact) mass is 338 g/mol. The predicted octanol–water partition coefficient (Wildman–Crippen LogP) is 3.71. The minimum Gasteiger partial charge on any atom is -0.494 e. The highest BCUT2D eigenvalue weighted by atomic mass is 16.5. The highest BCUT2D eigenvalue weighted by Gasteiger charge is 2.27. The number of carbonyl (C=O) groups excluding carboxylic acids is 2. The van der Waals surface area contributed by atoms with Crippen LogP contribution >= 0.6 is 0 Å². The van der Waals surface area contributed by atoms with Crippen LogP contribution in [0.3, 0.4) is 0 Å². The van der Waals surface area contributed by atoms with E-state index in [1.165, 1.54) is 4.90 Å². The summed E-state index contributed by atoms with van der Waals surface area (Å²) in [5, 5.41) is 2.78. The van der Waals surface area contributed by atoms with Gasteiger partial charge in [0.1, 0.15) is 12.3 Å². The number of nitrogens with zero attached hydrogens (tertiary/aromatic N) is 1. The third-order valence-corrected chi connectivity index (χ3v) is 4.08. The molecule has 0 fully saturated rings. The predicted molar refractivity (Wildman–Crippen MR) is 98.1 cm³/mol. The Kier molecular flexibility index (Phi) is 5.03. The van der Waals surface area contributed by atoms with E-state index in [4.69, 9.17) is 4.74 Å². The average molecular weight is 338 g/mol.